The highest BCUT2D eigenvalue weighted by Crippen LogP contribution is 2.30. The first kappa shape index (κ1) is 11.8. The molecule has 0 unspecified atom stereocenters. The summed E-state index contributed by atoms with van der Waals surface area (Å²) in [6.07, 6.45) is 2.83. The molecule has 2 aromatic rings. The summed E-state index contributed by atoms with van der Waals surface area (Å²) in [5, 5.41) is 0.777. The van der Waals surface area contributed by atoms with Crippen molar-refractivity contribution in [1.82, 2.24) is 0 Å². The van der Waals surface area contributed by atoms with E-state index in [1.165, 1.54) is 16.7 Å². The van der Waals surface area contributed by atoms with Gasteiger partial charge in [0.2, 0.25) is 0 Å². The normalized spacial score (nSPS) is 16.6. The van der Waals surface area contributed by atoms with Gasteiger partial charge < -0.3 is 5.73 Å². The van der Waals surface area contributed by atoms with Crippen molar-refractivity contribution in [3.63, 3.8) is 0 Å². The molecule has 18 heavy (non-hydrogen) atoms. The molecule has 0 saturated carbocycles. The van der Waals surface area contributed by atoms with Gasteiger partial charge in [-0.05, 0) is 48.1 Å². The zero-order valence-electron chi connectivity index (χ0n) is 10.2. The zero-order valence-corrected chi connectivity index (χ0v) is 11.0. The Morgan fingerprint density at radius 3 is 2.06 bits per heavy atom. The minimum atomic E-state index is -0.141. The van der Waals surface area contributed by atoms with Gasteiger partial charge in [-0.3, -0.25) is 0 Å². The molecule has 1 aliphatic rings. The molecule has 0 saturated heterocycles. The lowest BCUT2D eigenvalue weighted by Gasteiger charge is -2.23. The molecule has 0 aromatic heterocycles. The fourth-order valence-electron chi connectivity index (χ4n) is 2.86. The Morgan fingerprint density at radius 1 is 0.944 bits per heavy atom. The van der Waals surface area contributed by atoms with Crippen LogP contribution in [0.5, 0.6) is 0 Å². The zero-order chi connectivity index (χ0) is 12.6. The fraction of sp³-hybridized carbons (Fsp3) is 0.250. The highest BCUT2D eigenvalue weighted by Gasteiger charge is 2.33. The molecule has 0 atom stereocenters. The number of fused-ring (bicyclic) bond motifs is 1. The lowest BCUT2D eigenvalue weighted by Crippen LogP contribution is -2.42. The van der Waals surface area contributed by atoms with Crippen molar-refractivity contribution >= 4 is 11.6 Å². The third-order valence-corrected chi connectivity index (χ3v) is 3.92. The summed E-state index contributed by atoms with van der Waals surface area (Å²) >= 11 is 5.90. The van der Waals surface area contributed by atoms with Gasteiger partial charge in [0, 0.05) is 10.6 Å². The van der Waals surface area contributed by atoms with E-state index in [4.69, 9.17) is 17.3 Å². The average molecular weight is 258 g/mol. The monoisotopic (exact) mass is 257 g/mol. The van der Waals surface area contributed by atoms with Crippen molar-refractivity contribution in [3.05, 3.63) is 70.2 Å². The van der Waals surface area contributed by atoms with Gasteiger partial charge >= 0.3 is 0 Å². The molecule has 92 valence electrons. The number of rotatable bonds is 2. The lowest BCUT2D eigenvalue weighted by molar-refractivity contribution is 0.446. The second-order valence-corrected chi connectivity index (χ2v) is 5.72. The van der Waals surface area contributed by atoms with E-state index in [0.29, 0.717) is 0 Å². The van der Waals surface area contributed by atoms with Crippen LogP contribution < -0.4 is 5.73 Å². The molecular weight excluding hydrogens is 242 g/mol. The lowest BCUT2D eigenvalue weighted by atomic mass is 9.89. The van der Waals surface area contributed by atoms with Crippen LogP contribution in [0, 0.1) is 0 Å². The molecule has 0 heterocycles. The van der Waals surface area contributed by atoms with Gasteiger partial charge in [0.15, 0.2) is 0 Å². The van der Waals surface area contributed by atoms with Crippen molar-refractivity contribution in [1.29, 1.82) is 0 Å². The molecular formula is C16H16ClN. The van der Waals surface area contributed by atoms with Gasteiger partial charge in [0.05, 0.1) is 0 Å². The topological polar surface area (TPSA) is 26.0 Å². The average Bonchev–Trinajstić information content (AvgIpc) is 2.68. The SMILES string of the molecule is NC1(Cc2ccc(Cl)cc2)Cc2ccccc2C1. The van der Waals surface area contributed by atoms with Gasteiger partial charge in [0.1, 0.15) is 0 Å². The number of benzene rings is 2. The number of hydrogen-bond acceptors (Lipinski definition) is 1. The first-order valence-corrected chi connectivity index (χ1v) is 6.63. The maximum Gasteiger partial charge on any atom is 0.0406 e. The molecule has 0 radical (unpaired) electrons. The predicted octanol–water partition coefficient (Wildman–Crippen LogP) is 3.38. The summed E-state index contributed by atoms with van der Waals surface area (Å²) in [6.45, 7) is 0. The van der Waals surface area contributed by atoms with Crippen LogP contribution in [0.25, 0.3) is 0 Å². The summed E-state index contributed by atoms with van der Waals surface area (Å²) < 4.78 is 0. The molecule has 3 rings (SSSR count). The molecule has 2 aromatic carbocycles. The third-order valence-electron chi connectivity index (χ3n) is 3.67. The largest absolute Gasteiger partial charge is 0.324 e. The van der Waals surface area contributed by atoms with Gasteiger partial charge in [-0.1, -0.05) is 48.0 Å². The van der Waals surface area contributed by atoms with E-state index in [9.17, 15) is 0 Å². The Bertz CT molecular complexity index is 535. The summed E-state index contributed by atoms with van der Waals surface area (Å²) in [6, 6.07) is 16.6. The van der Waals surface area contributed by atoms with Crippen LogP contribution in [-0.2, 0) is 19.3 Å². The Kier molecular flexibility index (Phi) is 2.89. The van der Waals surface area contributed by atoms with Gasteiger partial charge in [-0.25, -0.2) is 0 Å². The molecule has 2 heteroatoms. The first-order chi connectivity index (χ1) is 8.65. The second kappa shape index (κ2) is 4.42. The van der Waals surface area contributed by atoms with E-state index in [1.807, 2.05) is 12.1 Å². The van der Waals surface area contributed by atoms with Gasteiger partial charge in [-0.2, -0.15) is 0 Å². The minimum Gasteiger partial charge on any atom is -0.324 e. The molecule has 0 spiro atoms. The maximum absolute atomic E-state index is 6.55. The Labute approximate surface area is 113 Å². The smallest absolute Gasteiger partial charge is 0.0406 e. The molecule has 2 N–H and O–H groups in total. The van der Waals surface area contributed by atoms with Gasteiger partial charge in [-0.15, -0.1) is 0 Å². The van der Waals surface area contributed by atoms with E-state index >= 15 is 0 Å². The number of hydrogen-bond donors (Lipinski definition) is 1. The summed E-state index contributed by atoms with van der Waals surface area (Å²) in [4.78, 5) is 0. The van der Waals surface area contributed by atoms with Crippen molar-refractivity contribution in [2.45, 2.75) is 24.8 Å². The summed E-state index contributed by atoms with van der Waals surface area (Å²) in [7, 11) is 0. The molecule has 0 fully saturated rings. The fourth-order valence-corrected chi connectivity index (χ4v) is 2.98. The van der Waals surface area contributed by atoms with Crippen molar-refractivity contribution in [2.24, 2.45) is 5.73 Å². The Morgan fingerprint density at radius 2 is 1.50 bits per heavy atom. The highest BCUT2D eigenvalue weighted by atomic mass is 35.5. The van der Waals surface area contributed by atoms with Crippen molar-refractivity contribution < 1.29 is 0 Å². The molecule has 1 aliphatic carbocycles. The molecule has 1 nitrogen and oxygen atoms in total. The van der Waals surface area contributed by atoms with Gasteiger partial charge in [0.25, 0.3) is 0 Å². The number of halogens is 1. The predicted molar refractivity (Wildman–Crippen MR) is 75.9 cm³/mol. The van der Waals surface area contributed by atoms with Crippen molar-refractivity contribution in [2.75, 3.05) is 0 Å². The van der Waals surface area contributed by atoms with Crippen LogP contribution >= 0.6 is 11.6 Å². The third kappa shape index (κ3) is 2.29. The Balaban J connectivity index is 1.80. The van der Waals surface area contributed by atoms with Crippen LogP contribution in [0.3, 0.4) is 0 Å². The summed E-state index contributed by atoms with van der Waals surface area (Å²) in [5.41, 5.74) is 10.5. The standard InChI is InChI=1S/C16H16ClN/c17-15-7-5-12(6-8-15)9-16(18)10-13-3-1-2-4-14(13)11-16/h1-8H,9-11,18H2. The quantitative estimate of drug-likeness (QED) is 0.877. The first-order valence-electron chi connectivity index (χ1n) is 6.25. The van der Waals surface area contributed by atoms with Crippen LogP contribution in [0.4, 0.5) is 0 Å². The van der Waals surface area contributed by atoms with Crippen LogP contribution in [0.2, 0.25) is 5.02 Å². The molecule has 0 amide bonds. The highest BCUT2D eigenvalue weighted by molar-refractivity contribution is 6.30. The van der Waals surface area contributed by atoms with E-state index in [-0.39, 0.29) is 5.54 Å². The minimum absolute atomic E-state index is 0.141. The second-order valence-electron chi connectivity index (χ2n) is 5.29. The Hall–Kier alpha value is -1.31. The van der Waals surface area contributed by atoms with Crippen molar-refractivity contribution in [3.8, 4) is 0 Å². The van der Waals surface area contributed by atoms with Crippen LogP contribution in [0.15, 0.2) is 48.5 Å². The van der Waals surface area contributed by atoms with Crippen LogP contribution in [0.1, 0.15) is 16.7 Å². The van der Waals surface area contributed by atoms with E-state index in [2.05, 4.69) is 36.4 Å². The van der Waals surface area contributed by atoms with E-state index in [0.717, 1.165) is 24.3 Å². The maximum atomic E-state index is 6.55. The summed E-state index contributed by atoms with van der Waals surface area (Å²) in [5.74, 6) is 0. The number of nitrogens with two attached hydrogens (primary N) is 1. The molecule has 0 aliphatic heterocycles. The molecule has 0 bridgehead atoms. The van der Waals surface area contributed by atoms with E-state index < -0.39 is 0 Å². The van der Waals surface area contributed by atoms with E-state index in [1.54, 1.807) is 0 Å². The van der Waals surface area contributed by atoms with Crippen LogP contribution in [-0.4, -0.2) is 5.54 Å².